The molecule has 0 aliphatic rings. The highest BCUT2D eigenvalue weighted by Gasteiger charge is 2.25. The van der Waals surface area contributed by atoms with Crippen LogP contribution in [0.15, 0.2) is 42.5 Å². The van der Waals surface area contributed by atoms with Crippen LogP contribution in [-0.4, -0.2) is 55.2 Å². The minimum Gasteiger partial charge on any atom is -0.496 e. The van der Waals surface area contributed by atoms with Crippen molar-refractivity contribution in [3.8, 4) is 28.9 Å². The number of ether oxygens (including phenoxy) is 4. The SMILES string of the molecule is CCc1ccc(-c2nc(OCCOC)nn2C(=O)c2c(OC)cccc2OC)cc1. The molecule has 0 aliphatic heterocycles. The van der Waals surface area contributed by atoms with Crippen LogP contribution in [0.25, 0.3) is 11.4 Å². The van der Waals surface area contributed by atoms with Gasteiger partial charge in [0.1, 0.15) is 23.7 Å². The van der Waals surface area contributed by atoms with E-state index in [4.69, 9.17) is 18.9 Å². The Bertz CT molecular complexity index is 976. The Labute approximate surface area is 175 Å². The number of aromatic nitrogens is 3. The summed E-state index contributed by atoms with van der Waals surface area (Å²) < 4.78 is 22.5. The lowest BCUT2D eigenvalue weighted by atomic mass is 10.1. The molecule has 0 radical (unpaired) electrons. The van der Waals surface area contributed by atoms with Gasteiger partial charge in [0.15, 0.2) is 5.82 Å². The number of methoxy groups -OCH3 is 3. The Balaban J connectivity index is 2.09. The molecular formula is C22H25N3O5. The number of nitrogens with zero attached hydrogens (tertiary/aromatic N) is 3. The van der Waals surface area contributed by atoms with E-state index in [-0.39, 0.29) is 18.2 Å². The molecule has 1 heterocycles. The van der Waals surface area contributed by atoms with Crippen molar-refractivity contribution in [3.05, 3.63) is 53.6 Å². The zero-order valence-corrected chi connectivity index (χ0v) is 17.5. The van der Waals surface area contributed by atoms with Gasteiger partial charge in [-0.1, -0.05) is 37.3 Å². The highest BCUT2D eigenvalue weighted by Crippen LogP contribution is 2.31. The molecular weight excluding hydrogens is 386 g/mol. The Kier molecular flexibility index (Phi) is 7.03. The molecule has 8 heteroatoms. The van der Waals surface area contributed by atoms with Crippen molar-refractivity contribution in [2.45, 2.75) is 13.3 Å². The first kappa shape index (κ1) is 21.3. The van der Waals surface area contributed by atoms with Crippen LogP contribution in [0.1, 0.15) is 22.8 Å². The van der Waals surface area contributed by atoms with Gasteiger partial charge >= 0.3 is 6.01 Å². The molecule has 30 heavy (non-hydrogen) atoms. The largest absolute Gasteiger partial charge is 0.496 e. The van der Waals surface area contributed by atoms with Gasteiger partial charge in [-0.25, -0.2) is 0 Å². The number of hydrogen-bond acceptors (Lipinski definition) is 7. The molecule has 0 unspecified atom stereocenters. The van der Waals surface area contributed by atoms with Gasteiger partial charge in [0.2, 0.25) is 0 Å². The molecule has 0 saturated carbocycles. The van der Waals surface area contributed by atoms with Gasteiger partial charge in [-0.3, -0.25) is 4.79 Å². The summed E-state index contributed by atoms with van der Waals surface area (Å²) in [5, 5.41) is 4.30. The summed E-state index contributed by atoms with van der Waals surface area (Å²) in [4.78, 5) is 17.9. The number of aryl methyl sites for hydroxylation is 1. The summed E-state index contributed by atoms with van der Waals surface area (Å²) in [5.74, 6) is 0.684. The summed E-state index contributed by atoms with van der Waals surface area (Å²) in [6, 6.07) is 13.0. The first-order chi connectivity index (χ1) is 14.6. The van der Waals surface area contributed by atoms with E-state index < -0.39 is 5.91 Å². The number of rotatable bonds is 9. The van der Waals surface area contributed by atoms with E-state index >= 15 is 0 Å². The maximum atomic E-state index is 13.5. The topological polar surface area (TPSA) is 84.7 Å². The molecule has 1 aromatic heterocycles. The molecule has 0 aliphatic carbocycles. The first-order valence-electron chi connectivity index (χ1n) is 9.56. The van der Waals surface area contributed by atoms with Crippen molar-refractivity contribution >= 4 is 5.91 Å². The normalized spacial score (nSPS) is 10.7. The average Bonchev–Trinajstić information content (AvgIpc) is 3.22. The second-order valence-electron chi connectivity index (χ2n) is 6.36. The van der Waals surface area contributed by atoms with Crippen LogP contribution in [0.5, 0.6) is 17.5 Å². The summed E-state index contributed by atoms with van der Waals surface area (Å²) in [6.45, 7) is 2.72. The molecule has 0 fully saturated rings. The fourth-order valence-electron chi connectivity index (χ4n) is 2.96. The number of hydrogen-bond donors (Lipinski definition) is 0. The molecule has 0 atom stereocenters. The van der Waals surface area contributed by atoms with E-state index in [0.29, 0.717) is 23.9 Å². The zero-order chi connectivity index (χ0) is 21.5. The Morgan fingerprint density at radius 1 is 0.967 bits per heavy atom. The van der Waals surface area contributed by atoms with Crippen LogP contribution in [0.4, 0.5) is 0 Å². The lowest BCUT2D eigenvalue weighted by molar-refractivity contribution is 0.0936. The molecule has 3 rings (SSSR count). The van der Waals surface area contributed by atoms with Crippen LogP contribution < -0.4 is 14.2 Å². The summed E-state index contributed by atoms with van der Waals surface area (Å²) in [5.41, 5.74) is 2.17. The second-order valence-corrected chi connectivity index (χ2v) is 6.36. The smallest absolute Gasteiger partial charge is 0.336 e. The van der Waals surface area contributed by atoms with Gasteiger partial charge < -0.3 is 18.9 Å². The van der Waals surface area contributed by atoms with Crippen molar-refractivity contribution in [2.75, 3.05) is 34.5 Å². The highest BCUT2D eigenvalue weighted by atomic mass is 16.5. The van der Waals surface area contributed by atoms with Crippen molar-refractivity contribution in [1.82, 2.24) is 14.8 Å². The maximum Gasteiger partial charge on any atom is 0.336 e. The van der Waals surface area contributed by atoms with Crippen LogP contribution in [-0.2, 0) is 11.2 Å². The third-order valence-corrected chi connectivity index (χ3v) is 4.56. The van der Waals surface area contributed by atoms with E-state index in [1.165, 1.54) is 24.5 Å². The van der Waals surface area contributed by atoms with Gasteiger partial charge in [0.05, 0.1) is 20.8 Å². The molecule has 0 bridgehead atoms. The average molecular weight is 411 g/mol. The van der Waals surface area contributed by atoms with Crippen molar-refractivity contribution < 1.29 is 23.7 Å². The van der Waals surface area contributed by atoms with Crippen LogP contribution in [0, 0.1) is 0 Å². The highest BCUT2D eigenvalue weighted by molar-refractivity contribution is 6.02. The molecule has 0 spiro atoms. The summed E-state index contributed by atoms with van der Waals surface area (Å²) in [7, 11) is 4.57. The molecule has 0 amide bonds. The standard InChI is InChI=1S/C22H25N3O5/c1-5-15-9-11-16(12-10-15)20-23-22(30-14-13-27-2)24-25(20)21(26)19-17(28-3)7-6-8-18(19)29-4/h6-12H,5,13-14H2,1-4H3. The molecule has 3 aromatic rings. The lowest BCUT2D eigenvalue weighted by Gasteiger charge is -2.12. The van der Waals surface area contributed by atoms with Crippen molar-refractivity contribution in [1.29, 1.82) is 0 Å². The quantitative estimate of drug-likeness (QED) is 0.500. The minimum absolute atomic E-state index is 0.0869. The molecule has 2 aromatic carbocycles. The monoisotopic (exact) mass is 411 g/mol. The van der Waals surface area contributed by atoms with Gasteiger partial charge in [0, 0.05) is 12.7 Å². The van der Waals surface area contributed by atoms with E-state index in [9.17, 15) is 4.79 Å². The van der Waals surface area contributed by atoms with Gasteiger partial charge in [0.25, 0.3) is 5.91 Å². The molecule has 158 valence electrons. The number of carbonyl (C=O) groups excluding carboxylic acids is 1. The van der Waals surface area contributed by atoms with E-state index in [0.717, 1.165) is 12.0 Å². The first-order valence-corrected chi connectivity index (χ1v) is 9.56. The zero-order valence-electron chi connectivity index (χ0n) is 17.5. The van der Waals surface area contributed by atoms with Gasteiger partial charge in [-0.15, -0.1) is 5.10 Å². The van der Waals surface area contributed by atoms with Crippen LogP contribution in [0.3, 0.4) is 0 Å². The molecule has 0 N–H and O–H groups in total. The fourth-order valence-corrected chi connectivity index (χ4v) is 2.96. The predicted molar refractivity (Wildman–Crippen MR) is 111 cm³/mol. The third kappa shape index (κ3) is 4.44. The maximum absolute atomic E-state index is 13.5. The van der Waals surface area contributed by atoms with Gasteiger partial charge in [-0.05, 0) is 24.1 Å². The van der Waals surface area contributed by atoms with Crippen LogP contribution >= 0.6 is 0 Å². The Morgan fingerprint density at radius 2 is 1.63 bits per heavy atom. The van der Waals surface area contributed by atoms with Crippen molar-refractivity contribution in [2.24, 2.45) is 0 Å². The summed E-state index contributed by atoms with van der Waals surface area (Å²) in [6.07, 6.45) is 0.912. The lowest BCUT2D eigenvalue weighted by Crippen LogP contribution is -2.17. The predicted octanol–water partition coefficient (Wildman–Crippen LogP) is 3.24. The van der Waals surface area contributed by atoms with Gasteiger partial charge in [-0.2, -0.15) is 9.67 Å². The van der Waals surface area contributed by atoms with E-state index in [1.807, 2.05) is 24.3 Å². The Hall–Kier alpha value is -3.39. The van der Waals surface area contributed by atoms with Crippen LogP contribution in [0.2, 0.25) is 0 Å². The van der Waals surface area contributed by atoms with E-state index in [2.05, 4.69) is 17.0 Å². The number of benzene rings is 2. The fraction of sp³-hybridized carbons (Fsp3) is 0.318. The molecule has 8 nitrogen and oxygen atoms in total. The minimum atomic E-state index is -0.437. The van der Waals surface area contributed by atoms with E-state index in [1.54, 1.807) is 25.3 Å². The third-order valence-electron chi connectivity index (χ3n) is 4.56. The Morgan fingerprint density at radius 3 is 2.20 bits per heavy atom. The van der Waals surface area contributed by atoms with Crippen molar-refractivity contribution in [3.63, 3.8) is 0 Å². The second kappa shape index (κ2) is 9.89. The number of carbonyl (C=O) groups is 1. The summed E-state index contributed by atoms with van der Waals surface area (Å²) >= 11 is 0. The molecule has 0 saturated heterocycles.